The highest BCUT2D eigenvalue weighted by atomic mass is 16.6. The van der Waals surface area contributed by atoms with Gasteiger partial charge in [0.25, 0.3) is 0 Å². The summed E-state index contributed by atoms with van der Waals surface area (Å²) < 4.78 is 16.7. The minimum Gasteiger partial charge on any atom is -0.462 e. The lowest BCUT2D eigenvalue weighted by Crippen LogP contribution is -2.30. The summed E-state index contributed by atoms with van der Waals surface area (Å²) in [5, 5.41) is 0. The van der Waals surface area contributed by atoms with Gasteiger partial charge in [-0.05, 0) is 44.9 Å². The van der Waals surface area contributed by atoms with Crippen LogP contribution < -0.4 is 0 Å². The Morgan fingerprint density at radius 1 is 0.382 bits per heavy atom. The molecule has 6 heteroatoms. The SMILES string of the molecule is CC/C=C\C/C=C\CCCCC(=O)OCC(COC(=O)CCCCCCCCCCCCCCCCCC)OC(=O)CCCCCCCCCCCCCC. The first-order valence-electron chi connectivity index (χ1n) is 23.8. The molecule has 0 radical (unpaired) electrons. The third-order valence-corrected chi connectivity index (χ3v) is 10.5. The molecule has 0 heterocycles. The lowest BCUT2D eigenvalue weighted by atomic mass is 10.0. The van der Waals surface area contributed by atoms with Gasteiger partial charge in [-0.1, -0.05) is 212 Å². The Hall–Kier alpha value is -2.11. The van der Waals surface area contributed by atoms with Crippen molar-refractivity contribution in [3.8, 4) is 0 Å². The van der Waals surface area contributed by atoms with E-state index in [-0.39, 0.29) is 31.1 Å². The van der Waals surface area contributed by atoms with Crippen molar-refractivity contribution in [2.45, 2.75) is 258 Å². The Balaban J connectivity index is 4.30. The summed E-state index contributed by atoms with van der Waals surface area (Å²) in [5.74, 6) is -0.907. The van der Waals surface area contributed by atoms with Crippen molar-refractivity contribution in [2.24, 2.45) is 0 Å². The number of esters is 3. The molecule has 0 amide bonds. The highest BCUT2D eigenvalue weighted by Gasteiger charge is 2.19. The van der Waals surface area contributed by atoms with Gasteiger partial charge in [-0.15, -0.1) is 0 Å². The van der Waals surface area contributed by atoms with E-state index in [1.54, 1.807) is 0 Å². The maximum absolute atomic E-state index is 12.7. The molecule has 0 aromatic heterocycles. The molecular formula is C49H90O6. The van der Waals surface area contributed by atoms with Crippen molar-refractivity contribution in [3.63, 3.8) is 0 Å². The highest BCUT2D eigenvalue weighted by molar-refractivity contribution is 5.71. The molecule has 0 aliphatic carbocycles. The molecule has 1 atom stereocenters. The average Bonchev–Trinajstić information content (AvgIpc) is 3.18. The number of hydrogen-bond acceptors (Lipinski definition) is 6. The lowest BCUT2D eigenvalue weighted by Gasteiger charge is -2.18. The van der Waals surface area contributed by atoms with Crippen LogP contribution in [-0.4, -0.2) is 37.2 Å². The second-order valence-corrected chi connectivity index (χ2v) is 16.0. The van der Waals surface area contributed by atoms with E-state index in [9.17, 15) is 14.4 Å². The van der Waals surface area contributed by atoms with Gasteiger partial charge < -0.3 is 14.2 Å². The summed E-state index contributed by atoms with van der Waals surface area (Å²) in [7, 11) is 0. The predicted molar refractivity (Wildman–Crippen MR) is 233 cm³/mol. The Bertz CT molecular complexity index is 896. The Labute approximate surface area is 341 Å². The van der Waals surface area contributed by atoms with Crippen LogP contribution in [0.5, 0.6) is 0 Å². The molecular weight excluding hydrogens is 685 g/mol. The molecule has 0 spiro atoms. The van der Waals surface area contributed by atoms with Crippen molar-refractivity contribution in [1.29, 1.82) is 0 Å². The first kappa shape index (κ1) is 52.9. The van der Waals surface area contributed by atoms with Gasteiger partial charge in [-0.3, -0.25) is 14.4 Å². The van der Waals surface area contributed by atoms with Gasteiger partial charge in [-0.2, -0.15) is 0 Å². The number of carbonyl (C=O) groups excluding carboxylic acids is 3. The van der Waals surface area contributed by atoms with E-state index in [0.29, 0.717) is 19.3 Å². The molecule has 55 heavy (non-hydrogen) atoms. The minimum atomic E-state index is -0.775. The van der Waals surface area contributed by atoms with Gasteiger partial charge in [0, 0.05) is 19.3 Å². The quantitative estimate of drug-likeness (QED) is 0.0266. The summed E-state index contributed by atoms with van der Waals surface area (Å²) in [6, 6.07) is 0. The first-order chi connectivity index (χ1) is 27.0. The van der Waals surface area contributed by atoms with Crippen LogP contribution in [0.3, 0.4) is 0 Å². The van der Waals surface area contributed by atoms with Crippen LogP contribution >= 0.6 is 0 Å². The number of allylic oxidation sites excluding steroid dienone is 4. The summed E-state index contributed by atoms with van der Waals surface area (Å²) in [6.45, 7) is 6.50. The number of carbonyl (C=O) groups is 3. The number of hydrogen-bond donors (Lipinski definition) is 0. The third-order valence-electron chi connectivity index (χ3n) is 10.5. The Kier molecular flexibility index (Phi) is 42.9. The molecule has 0 rings (SSSR count). The van der Waals surface area contributed by atoms with Gasteiger partial charge in [-0.25, -0.2) is 0 Å². The maximum atomic E-state index is 12.7. The minimum absolute atomic E-state index is 0.0770. The monoisotopic (exact) mass is 775 g/mol. The lowest BCUT2D eigenvalue weighted by molar-refractivity contribution is -0.167. The second kappa shape index (κ2) is 44.6. The first-order valence-corrected chi connectivity index (χ1v) is 23.8. The molecule has 6 nitrogen and oxygen atoms in total. The number of unbranched alkanes of at least 4 members (excludes halogenated alkanes) is 28. The van der Waals surface area contributed by atoms with Crippen molar-refractivity contribution in [1.82, 2.24) is 0 Å². The molecule has 0 bridgehead atoms. The van der Waals surface area contributed by atoms with E-state index < -0.39 is 6.10 Å². The third kappa shape index (κ3) is 42.9. The zero-order valence-electron chi connectivity index (χ0n) is 36.7. The summed E-state index contributed by atoms with van der Waals surface area (Å²) in [4.78, 5) is 37.7. The number of rotatable bonds is 43. The molecule has 0 aromatic carbocycles. The van der Waals surface area contributed by atoms with Crippen LogP contribution in [0, 0.1) is 0 Å². The molecule has 322 valence electrons. The Morgan fingerprint density at radius 2 is 0.709 bits per heavy atom. The van der Waals surface area contributed by atoms with Crippen LogP contribution in [0.25, 0.3) is 0 Å². The predicted octanol–water partition coefficient (Wildman–Crippen LogP) is 15.2. The maximum Gasteiger partial charge on any atom is 0.306 e. The zero-order valence-corrected chi connectivity index (χ0v) is 36.7. The van der Waals surface area contributed by atoms with Crippen molar-refractivity contribution in [3.05, 3.63) is 24.3 Å². The van der Waals surface area contributed by atoms with Crippen molar-refractivity contribution in [2.75, 3.05) is 13.2 Å². The normalized spacial score (nSPS) is 12.1. The molecule has 0 saturated heterocycles. The van der Waals surface area contributed by atoms with Crippen LogP contribution in [0.2, 0.25) is 0 Å². The van der Waals surface area contributed by atoms with Gasteiger partial charge in [0.05, 0.1) is 0 Å². The fourth-order valence-electron chi connectivity index (χ4n) is 6.89. The molecule has 0 aliphatic heterocycles. The molecule has 0 saturated carbocycles. The van der Waals surface area contributed by atoms with Crippen molar-refractivity contribution < 1.29 is 28.6 Å². The molecule has 0 fully saturated rings. The van der Waals surface area contributed by atoms with Crippen molar-refractivity contribution >= 4 is 17.9 Å². The summed E-state index contributed by atoms with van der Waals surface area (Å²) in [5.41, 5.74) is 0. The number of ether oxygens (including phenoxy) is 3. The van der Waals surface area contributed by atoms with Crippen LogP contribution in [0.15, 0.2) is 24.3 Å². The van der Waals surface area contributed by atoms with E-state index in [0.717, 1.165) is 70.6 Å². The van der Waals surface area contributed by atoms with Crippen LogP contribution in [-0.2, 0) is 28.6 Å². The summed E-state index contributed by atoms with van der Waals surface area (Å²) >= 11 is 0. The van der Waals surface area contributed by atoms with Gasteiger partial charge >= 0.3 is 17.9 Å². The average molecular weight is 775 g/mol. The van der Waals surface area contributed by atoms with E-state index >= 15 is 0 Å². The fourth-order valence-corrected chi connectivity index (χ4v) is 6.89. The molecule has 0 N–H and O–H groups in total. The van der Waals surface area contributed by atoms with E-state index in [1.165, 1.54) is 141 Å². The topological polar surface area (TPSA) is 78.9 Å². The Morgan fingerprint density at radius 3 is 1.09 bits per heavy atom. The van der Waals surface area contributed by atoms with Gasteiger partial charge in [0.1, 0.15) is 13.2 Å². The standard InChI is InChI=1S/C49H90O6/c1-4-7-10-13-16-19-21-23-24-25-26-28-30-33-36-39-42-48(51)54-45-46(44-53-47(50)41-38-35-32-29-18-15-12-9-6-3)55-49(52)43-40-37-34-31-27-22-20-17-14-11-8-5-2/h9,12,18,29,46H,4-8,10-11,13-17,19-28,30-45H2,1-3H3/b12-9-,29-18-. The smallest absolute Gasteiger partial charge is 0.306 e. The second-order valence-electron chi connectivity index (χ2n) is 16.0. The largest absolute Gasteiger partial charge is 0.462 e. The van der Waals surface area contributed by atoms with Crippen LogP contribution in [0.4, 0.5) is 0 Å². The van der Waals surface area contributed by atoms with E-state index in [1.807, 2.05) is 0 Å². The zero-order chi connectivity index (χ0) is 40.1. The van der Waals surface area contributed by atoms with Crippen LogP contribution in [0.1, 0.15) is 252 Å². The van der Waals surface area contributed by atoms with Gasteiger partial charge in [0.2, 0.25) is 0 Å². The summed E-state index contributed by atoms with van der Waals surface area (Å²) in [6.07, 6.45) is 48.9. The van der Waals surface area contributed by atoms with E-state index in [2.05, 4.69) is 45.1 Å². The van der Waals surface area contributed by atoms with E-state index in [4.69, 9.17) is 14.2 Å². The molecule has 0 aromatic rings. The fraction of sp³-hybridized carbons (Fsp3) is 0.857. The molecule has 1 unspecified atom stereocenters. The highest BCUT2D eigenvalue weighted by Crippen LogP contribution is 2.16. The molecule has 0 aliphatic rings. The van der Waals surface area contributed by atoms with Gasteiger partial charge in [0.15, 0.2) is 6.10 Å².